The van der Waals surface area contributed by atoms with Crippen LogP contribution >= 0.6 is 0 Å². The lowest BCUT2D eigenvalue weighted by Gasteiger charge is -2.18. The zero-order valence-electron chi connectivity index (χ0n) is 9.94. The van der Waals surface area contributed by atoms with Crippen molar-refractivity contribution in [3.8, 4) is 0 Å². The van der Waals surface area contributed by atoms with Gasteiger partial charge >= 0.3 is 5.97 Å². The van der Waals surface area contributed by atoms with Crippen LogP contribution in [0.3, 0.4) is 0 Å². The van der Waals surface area contributed by atoms with Gasteiger partial charge in [0.2, 0.25) is 0 Å². The number of aliphatic carboxylic acids is 1. The van der Waals surface area contributed by atoms with Crippen molar-refractivity contribution in [1.82, 2.24) is 0 Å². The third kappa shape index (κ3) is 3.93. The summed E-state index contributed by atoms with van der Waals surface area (Å²) in [7, 11) is 1.91. The molecule has 1 rings (SSSR count). The van der Waals surface area contributed by atoms with Gasteiger partial charge in [-0.3, -0.25) is 4.79 Å². The Balaban J connectivity index is 2.55. The fourth-order valence-electron chi connectivity index (χ4n) is 1.60. The zero-order chi connectivity index (χ0) is 12.0. The minimum absolute atomic E-state index is 0.174. The molecule has 0 unspecified atom stereocenters. The van der Waals surface area contributed by atoms with Crippen LogP contribution in [0.1, 0.15) is 25.3 Å². The number of hydrogen-bond acceptors (Lipinski definition) is 2. The van der Waals surface area contributed by atoms with Crippen LogP contribution in [0.15, 0.2) is 24.3 Å². The molecule has 0 saturated carbocycles. The smallest absolute Gasteiger partial charge is 0.305 e. The molecule has 3 heteroatoms. The van der Waals surface area contributed by atoms with Gasteiger partial charge in [-0.2, -0.15) is 0 Å². The average Bonchev–Trinajstić information content (AvgIpc) is 2.27. The first kappa shape index (κ1) is 12.6. The van der Waals surface area contributed by atoms with E-state index in [1.807, 2.05) is 24.1 Å². The fraction of sp³-hybridized carbons (Fsp3) is 0.462. The van der Waals surface area contributed by atoms with E-state index in [1.165, 1.54) is 5.56 Å². The Kier molecular flexibility index (Phi) is 4.83. The van der Waals surface area contributed by atoms with Gasteiger partial charge in [-0.15, -0.1) is 0 Å². The molecule has 0 aliphatic heterocycles. The molecule has 0 aliphatic carbocycles. The molecule has 0 spiro atoms. The predicted octanol–water partition coefficient (Wildman–Crippen LogP) is 2.55. The Morgan fingerprint density at radius 1 is 1.31 bits per heavy atom. The Bertz CT molecular complexity index is 332. The maximum atomic E-state index is 10.4. The first-order valence-electron chi connectivity index (χ1n) is 5.65. The number of nitrogens with zero attached hydrogens (tertiary/aromatic N) is 1. The highest BCUT2D eigenvalue weighted by atomic mass is 16.4. The van der Waals surface area contributed by atoms with Crippen LogP contribution in [-0.2, 0) is 11.2 Å². The molecule has 3 nitrogen and oxygen atoms in total. The van der Waals surface area contributed by atoms with E-state index >= 15 is 0 Å². The van der Waals surface area contributed by atoms with Crippen LogP contribution in [0.5, 0.6) is 0 Å². The fourth-order valence-corrected chi connectivity index (χ4v) is 1.60. The highest BCUT2D eigenvalue weighted by molar-refractivity contribution is 5.67. The van der Waals surface area contributed by atoms with Gasteiger partial charge in [0.1, 0.15) is 0 Å². The molecule has 0 radical (unpaired) electrons. The maximum Gasteiger partial charge on any atom is 0.305 e. The number of benzene rings is 1. The lowest BCUT2D eigenvalue weighted by atomic mass is 10.1. The summed E-state index contributed by atoms with van der Waals surface area (Å²) < 4.78 is 0. The monoisotopic (exact) mass is 221 g/mol. The molecule has 1 N–H and O–H groups in total. The lowest BCUT2D eigenvalue weighted by molar-refractivity contribution is -0.136. The zero-order valence-corrected chi connectivity index (χ0v) is 9.94. The third-order valence-corrected chi connectivity index (χ3v) is 2.58. The Morgan fingerprint density at radius 3 is 2.44 bits per heavy atom. The second-order valence-electron chi connectivity index (χ2n) is 3.98. The number of anilines is 1. The molecule has 0 fully saturated rings. The first-order valence-corrected chi connectivity index (χ1v) is 5.65. The number of rotatable bonds is 6. The van der Waals surface area contributed by atoms with E-state index in [1.54, 1.807) is 0 Å². The molecule has 0 heterocycles. The van der Waals surface area contributed by atoms with Crippen LogP contribution in [0.2, 0.25) is 0 Å². The van der Waals surface area contributed by atoms with E-state index in [-0.39, 0.29) is 6.42 Å². The second-order valence-corrected chi connectivity index (χ2v) is 3.98. The predicted molar refractivity (Wildman–Crippen MR) is 66.0 cm³/mol. The Labute approximate surface area is 96.7 Å². The maximum absolute atomic E-state index is 10.4. The van der Waals surface area contributed by atoms with Crippen molar-refractivity contribution in [2.24, 2.45) is 0 Å². The average molecular weight is 221 g/mol. The standard InChI is InChI=1S/C13H19NO2/c1-3-4-11-5-7-12(8-6-11)14(2)10-9-13(15)16/h5-8H,3-4,9-10H2,1-2H3,(H,15,16). The second kappa shape index (κ2) is 6.16. The molecule has 0 amide bonds. The number of aryl methyl sites for hydroxylation is 1. The van der Waals surface area contributed by atoms with E-state index in [4.69, 9.17) is 5.11 Å². The van der Waals surface area contributed by atoms with Crippen molar-refractivity contribution in [3.63, 3.8) is 0 Å². The van der Waals surface area contributed by atoms with Crippen LogP contribution < -0.4 is 4.90 Å². The van der Waals surface area contributed by atoms with Gasteiger partial charge in [-0.1, -0.05) is 25.5 Å². The van der Waals surface area contributed by atoms with Gasteiger partial charge in [0.25, 0.3) is 0 Å². The van der Waals surface area contributed by atoms with E-state index in [9.17, 15) is 4.79 Å². The highest BCUT2D eigenvalue weighted by Crippen LogP contribution is 2.14. The molecule has 0 saturated heterocycles. The summed E-state index contributed by atoms with van der Waals surface area (Å²) >= 11 is 0. The topological polar surface area (TPSA) is 40.5 Å². The summed E-state index contributed by atoms with van der Waals surface area (Å²) in [5, 5.41) is 8.60. The number of carboxylic acids is 1. The van der Waals surface area contributed by atoms with Crippen molar-refractivity contribution in [2.75, 3.05) is 18.5 Å². The first-order chi connectivity index (χ1) is 7.63. The van der Waals surface area contributed by atoms with Crippen molar-refractivity contribution < 1.29 is 9.90 Å². The summed E-state index contributed by atoms with van der Waals surface area (Å²) in [6, 6.07) is 8.31. The summed E-state index contributed by atoms with van der Waals surface area (Å²) in [6.07, 6.45) is 2.42. The summed E-state index contributed by atoms with van der Waals surface area (Å²) in [4.78, 5) is 12.4. The number of hydrogen-bond donors (Lipinski definition) is 1. The molecule has 0 aliphatic rings. The van der Waals surface area contributed by atoms with Crippen LogP contribution in [-0.4, -0.2) is 24.7 Å². The van der Waals surface area contributed by atoms with Gasteiger partial charge in [0.05, 0.1) is 6.42 Å². The van der Waals surface area contributed by atoms with Gasteiger partial charge in [0, 0.05) is 19.3 Å². The van der Waals surface area contributed by atoms with E-state index in [2.05, 4.69) is 19.1 Å². The van der Waals surface area contributed by atoms with Crippen molar-refractivity contribution >= 4 is 11.7 Å². The number of carbonyl (C=O) groups is 1. The SMILES string of the molecule is CCCc1ccc(N(C)CCC(=O)O)cc1. The molecule has 0 atom stereocenters. The molecule has 0 bridgehead atoms. The molecule has 1 aromatic carbocycles. The minimum atomic E-state index is -0.755. The van der Waals surface area contributed by atoms with Crippen LogP contribution in [0.4, 0.5) is 5.69 Å². The molecular formula is C13H19NO2. The molecule has 0 aromatic heterocycles. The quantitative estimate of drug-likeness (QED) is 0.802. The van der Waals surface area contributed by atoms with Crippen molar-refractivity contribution in [2.45, 2.75) is 26.2 Å². The van der Waals surface area contributed by atoms with Gasteiger partial charge in [0.15, 0.2) is 0 Å². The van der Waals surface area contributed by atoms with Crippen LogP contribution in [0, 0.1) is 0 Å². The van der Waals surface area contributed by atoms with E-state index in [0.717, 1.165) is 18.5 Å². The van der Waals surface area contributed by atoms with Crippen LogP contribution in [0.25, 0.3) is 0 Å². The summed E-state index contributed by atoms with van der Waals surface area (Å²) in [5.41, 5.74) is 2.40. The Morgan fingerprint density at radius 2 is 1.94 bits per heavy atom. The van der Waals surface area contributed by atoms with E-state index in [0.29, 0.717) is 6.54 Å². The molecule has 16 heavy (non-hydrogen) atoms. The van der Waals surface area contributed by atoms with Gasteiger partial charge in [-0.05, 0) is 24.1 Å². The summed E-state index contributed by atoms with van der Waals surface area (Å²) in [5.74, 6) is -0.755. The van der Waals surface area contributed by atoms with Gasteiger partial charge in [-0.25, -0.2) is 0 Å². The summed E-state index contributed by atoms with van der Waals surface area (Å²) in [6.45, 7) is 2.70. The third-order valence-electron chi connectivity index (χ3n) is 2.58. The van der Waals surface area contributed by atoms with Gasteiger partial charge < -0.3 is 10.0 Å². The highest BCUT2D eigenvalue weighted by Gasteiger charge is 2.03. The normalized spacial score (nSPS) is 10.1. The molecule has 88 valence electrons. The lowest BCUT2D eigenvalue weighted by Crippen LogP contribution is -2.20. The molecular weight excluding hydrogens is 202 g/mol. The minimum Gasteiger partial charge on any atom is -0.481 e. The number of carboxylic acid groups (broad SMARTS) is 1. The van der Waals surface area contributed by atoms with E-state index < -0.39 is 5.97 Å². The largest absolute Gasteiger partial charge is 0.481 e. The van der Waals surface area contributed by atoms with Crippen molar-refractivity contribution in [3.05, 3.63) is 29.8 Å². The van der Waals surface area contributed by atoms with Crippen molar-refractivity contribution in [1.29, 1.82) is 0 Å². The Hall–Kier alpha value is -1.51. The molecule has 1 aromatic rings.